The van der Waals surface area contributed by atoms with Gasteiger partial charge in [0.15, 0.2) is 0 Å². The van der Waals surface area contributed by atoms with E-state index >= 15 is 0 Å². The number of aliphatic imine (C=N–C) groups is 1. The zero-order valence-corrected chi connectivity index (χ0v) is 12.2. The van der Waals surface area contributed by atoms with E-state index in [0.29, 0.717) is 6.61 Å². The van der Waals surface area contributed by atoms with Gasteiger partial charge in [0.05, 0.1) is 12.3 Å². The Labute approximate surface area is 125 Å². The molecule has 0 N–H and O–H groups in total. The molecule has 0 radical (unpaired) electrons. The van der Waals surface area contributed by atoms with Crippen molar-refractivity contribution < 1.29 is 9.53 Å². The molecule has 1 aromatic rings. The van der Waals surface area contributed by atoms with Crippen LogP contribution in [0.4, 0.5) is 0 Å². The van der Waals surface area contributed by atoms with Crippen LogP contribution in [0.5, 0.6) is 0 Å². The Morgan fingerprint density at radius 1 is 1.24 bits per heavy atom. The van der Waals surface area contributed by atoms with Crippen LogP contribution in [-0.2, 0) is 9.53 Å². The molecule has 108 valence electrons. The summed E-state index contributed by atoms with van der Waals surface area (Å²) in [6.07, 6.45) is 11.1. The highest BCUT2D eigenvalue weighted by atomic mass is 16.5. The van der Waals surface area contributed by atoms with Gasteiger partial charge in [-0.05, 0) is 18.9 Å². The zero-order chi connectivity index (χ0) is 14.9. The van der Waals surface area contributed by atoms with E-state index in [1.54, 1.807) is 6.92 Å². The summed E-state index contributed by atoms with van der Waals surface area (Å²) in [6, 6.07) is 9.88. The van der Waals surface area contributed by atoms with E-state index in [-0.39, 0.29) is 12.5 Å². The van der Waals surface area contributed by atoms with Crippen molar-refractivity contribution in [2.45, 2.75) is 13.3 Å². The summed E-state index contributed by atoms with van der Waals surface area (Å²) in [5, 5.41) is 0. The lowest BCUT2D eigenvalue weighted by molar-refractivity contribution is -0.141. The Hall–Kier alpha value is -2.42. The molecule has 21 heavy (non-hydrogen) atoms. The number of nitrogens with zero attached hydrogens (tertiary/aromatic N) is 1. The Bertz CT molecular complexity index is 595. The van der Waals surface area contributed by atoms with Gasteiger partial charge in [0.2, 0.25) is 0 Å². The molecule has 0 heterocycles. The zero-order valence-electron chi connectivity index (χ0n) is 12.2. The summed E-state index contributed by atoms with van der Waals surface area (Å²) < 4.78 is 4.94. The van der Waals surface area contributed by atoms with Gasteiger partial charge in [-0.3, -0.25) is 9.79 Å². The van der Waals surface area contributed by atoms with Crippen molar-refractivity contribution in [1.29, 1.82) is 0 Å². The molecule has 0 bridgehead atoms. The quantitative estimate of drug-likeness (QED) is 0.612. The van der Waals surface area contributed by atoms with E-state index in [1.165, 1.54) is 0 Å². The van der Waals surface area contributed by atoms with Crippen LogP contribution in [-0.4, -0.2) is 24.8 Å². The van der Waals surface area contributed by atoms with Crippen molar-refractivity contribution in [2.24, 2.45) is 4.99 Å². The molecular formula is C18H19NO2. The van der Waals surface area contributed by atoms with E-state index < -0.39 is 0 Å². The minimum absolute atomic E-state index is 0.0347. The second-order valence-corrected chi connectivity index (χ2v) is 4.52. The predicted molar refractivity (Wildman–Crippen MR) is 85.5 cm³/mol. The molecule has 0 saturated carbocycles. The first kappa shape index (κ1) is 15.0. The van der Waals surface area contributed by atoms with Crippen LogP contribution >= 0.6 is 0 Å². The number of ether oxygens (including phenoxy) is 1. The summed E-state index contributed by atoms with van der Waals surface area (Å²) >= 11 is 0. The third-order valence-electron chi connectivity index (χ3n) is 2.97. The van der Waals surface area contributed by atoms with E-state index in [4.69, 9.17) is 4.74 Å². The number of hydrogen-bond donors (Lipinski definition) is 0. The van der Waals surface area contributed by atoms with Crippen LogP contribution < -0.4 is 0 Å². The highest BCUT2D eigenvalue weighted by molar-refractivity contribution is 6.15. The molecule has 0 fully saturated rings. The van der Waals surface area contributed by atoms with E-state index in [9.17, 15) is 4.79 Å². The molecule has 0 spiro atoms. The Kier molecular flexibility index (Phi) is 5.71. The van der Waals surface area contributed by atoms with Crippen molar-refractivity contribution >= 4 is 11.7 Å². The van der Waals surface area contributed by atoms with Gasteiger partial charge in [-0.25, -0.2) is 0 Å². The Morgan fingerprint density at radius 2 is 2.05 bits per heavy atom. The van der Waals surface area contributed by atoms with Crippen molar-refractivity contribution in [3.8, 4) is 0 Å². The summed E-state index contributed by atoms with van der Waals surface area (Å²) in [7, 11) is 0. The van der Waals surface area contributed by atoms with Gasteiger partial charge in [-0.2, -0.15) is 0 Å². The van der Waals surface area contributed by atoms with Crippen molar-refractivity contribution in [3.05, 3.63) is 71.8 Å². The second-order valence-electron chi connectivity index (χ2n) is 4.52. The average Bonchev–Trinajstić information content (AvgIpc) is 2.78. The lowest BCUT2D eigenvalue weighted by atomic mass is 10.0. The van der Waals surface area contributed by atoms with Crippen LogP contribution in [0, 0.1) is 0 Å². The summed E-state index contributed by atoms with van der Waals surface area (Å²) in [5.74, 6) is -0.306. The van der Waals surface area contributed by atoms with E-state index in [0.717, 1.165) is 23.3 Å². The van der Waals surface area contributed by atoms with Gasteiger partial charge in [-0.1, -0.05) is 60.7 Å². The van der Waals surface area contributed by atoms with Gasteiger partial charge in [-0.15, -0.1) is 0 Å². The molecule has 0 amide bonds. The molecule has 1 aliphatic carbocycles. The normalized spacial score (nSPS) is 14.5. The predicted octanol–water partition coefficient (Wildman–Crippen LogP) is 3.48. The highest BCUT2D eigenvalue weighted by Gasteiger charge is 2.09. The molecule has 0 saturated heterocycles. The molecule has 3 nitrogen and oxygen atoms in total. The number of carbonyl (C=O) groups excluding carboxylic acids is 1. The summed E-state index contributed by atoms with van der Waals surface area (Å²) in [5.41, 5.74) is 2.80. The van der Waals surface area contributed by atoms with Crippen molar-refractivity contribution in [3.63, 3.8) is 0 Å². The maximum absolute atomic E-state index is 11.5. The van der Waals surface area contributed by atoms with Crippen LogP contribution in [0.1, 0.15) is 18.9 Å². The first-order chi connectivity index (χ1) is 10.3. The maximum atomic E-state index is 11.5. The Morgan fingerprint density at radius 3 is 2.81 bits per heavy atom. The minimum atomic E-state index is -0.306. The van der Waals surface area contributed by atoms with Crippen molar-refractivity contribution in [2.75, 3.05) is 13.2 Å². The number of benzene rings is 1. The van der Waals surface area contributed by atoms with E-state index in [1.807, 2.05) is 48.6 Å². The molecule has 1 aliphatic rings. The summed E-state index contributed by atoms with van der Waals surface area (Å²) in [6.45, 7) is 2.20. The molecule has 2 rings (SSSR count). The SMILES string of the molecule is CCOC(=O)CN=C(C1=CC=CCC=C1)c1ccccc1. The van der Waals surface area contributed by atoms with Crippen LogP contribution in [0.3, 0.4) is 0 Å². The third-order valence-corrected chi connectivity index (χ3v) is 2.97. The molecule has 0 atom stereocenters. The van der Waals surface area contributed by atoms with Crippen LogP contribution in [0.25, 0.3) is 0 Å². The largest absolute Gasteiger partial charge is 0.465 e. The molecule has 0 aromatic heterocycles. The van der Waals surface area contributed by atoms with Gasteiger partial charge in [0.1, 0.15) is 6.54 Å². The Balaban J connectivity index is 2.31. The number of carbonyl (C=O) groups is 1. The molecular weight excluding hydrogens is 262 g/mol. The monoisotopic (exact) mass is 281 g/mol. The minimum Gasteiger partial charge on any atom is -0.465 e. The number of rotatable bonds is 5. The average molecular weight is 281 g/mol. The number of hydrogen-bond acceptors (Lipinski definition) is 3. The fourth-order valence-electron chi connectivity index (χ4n) is 2.03. The van der Waals surface area contributed by atoms with E-state index in [2.05, 4.69) is 17.1 Å². The van der Waals surface area contributed by atoms with Crippen LogP contribution in [0.15, 0.2) is 71.3 Å². The van der Waals surface area contributed by atoms with Crippen molar-refractivity contribution in [1.82, 2.24) is 0 Å². The molecule has 1 aromatic carbocycles. The first-order valence-electron chi connectivity index (χ1n) is 7.10. The fourth-order valence-corrected chi connectivity index (χ4v) is 2.03. The van der Waals surface area contributed by atoms with Gasteiger partial charge >= 0.3 is 5.97 Å². The molecule has 0 unspecified atom stereocenters. The van der Waals surface area contributed by atoms with Gasteiger partial charge < -0.3 is 4.74 Å². The first-order valence-corrected chi connectivity index (χ1v) is 7.10. The smallest absolute Gasteiger partial charge is 0.327 e. The fraction of sp³-hybridized carbons (Fsp3) is 0.222. The molecule has 0 aliphatic heterocycles. The highest BCUT2D eigenvalue weighted by Crippen LogP contribution is 2.14. The van der Waals surface area contributed by atoms with Crippen LogP contribution in [0.2, 0.25) is 0 Å². The summed E-state index contributed by atoms with van der Waals surface area (Å²) in [4.78, 5) is 16.0. The van der Waals surface area contributed by atoms with Gasteiger partial charge in [0.25, 0.3) is 0 Å². The third kappa shape index (κ3) is 4.56. The standard InChI is InChI=1S/C18H19NO2/c1-2-21-17(20)14-19-18(16-12-8-5-9-13-16)15-10-6-3-4-7-11-15/h3,5-13H,2,4,14H2,1H3. The number of allylic oxidation sites excluding steroid dienone is 6. The topological polar surface area (TPSA) is 38.7 Å². The second kappa shape index (κ2) is 8.00. The lowest BCUT2D eigenvalue weighted by Crippen LogP contribution is -2.12. The molecule has 3 heteroatoms. The lowest BCUT2D eigenvalue weighted by Gasteiger charge is -2.08. The van der Waals surface area contributed by atoms with Gasteiger partial charge in [0, 0.05) is 5.56 Å². The maximum Gasteiger partial charge on any atom is 0.327 e. The number of esters is 1.